The highest BCUT2D eigenvalue weighted by molar-refractivity contribution is 6.47. The van der Waals surface area contributed by atoms with E-state index in [4.69, 9.17) is 9.31 Å². The smallest absolute Gasteiger partial charge is 0.404 e. The molecule has 1 amide bonds. The van der Waals surface area contributed by atoms with Crippen molar-refractivity contribution in [3.05, 3.63) is 54.2 Å². The molecule has 1 aromatic heterocycles. The third-order valence-electron chi connectivity index (χ3n) is 9.78. The number of hydrogen-bond donors (Lipinski definition) is 2. The molecule has 3 aliphatic carbocycles. The molecule has 1 aliphatic heterocycles. The van der Waals surface area contributed by atoms with Crippen LogP contribution in [0.1, 0.15) is 77.7 Å². The number of carbonyl (C=O) groups excluding carboxylic acids is 2. The average Bonchev–Trinajstić information content (AvgIpc) is 3.28. The molecule has 1 aromatic carbocycles. The number of aliphatic hydroxyl groups excluding tert-OH is 1. The maximum absolute atomic E-state index is 13.6. The van der Waals surface area contributed by atoms with Crippen LogP contribution in [0.2, 0.25) is 0 Å². The molecule has 8 heteroatoms. The number of aromatic nitrogens is 1. The van der Waals surface area contributed by atoms with E-state index in [1.54, 1.807) is 19.1 Å². The van der Waals surface area contributed by atoms with Gasteiger partial charge in [-0.05, 0) is 68.4 Å². The Bertz CT molecular complexity index is 1230. The molecular formula is C32H43BN2O5. The van der Waals surface area contributed by atoms with Crippen LogP contribution < -0.4 is 5.32 Å². The van der Waals surface area contributed by atoms with Crippen LogP contribution in [0, 0.1) is 29.1 Å². The van der Waals surface area contributed by atoms with Crippen LogP contribution in [-0.2, 0) is 14.1 Å². The number of pyridine rings is 1. The zero-order valence-electron chi connectivity index (χ0n) is 24.6. The predicted octanol–water partition coefficient (Wildman–Crippen LogP) is 5.12. The van der Waals surface area contributed by atoms with Crippen molar-refractivity contribution in [2.45, 2.75) is 91.0 Å². The fourth-order valence-corrected chi connectivity index (χ4v) is 7.25. The highest BCUT2D eigenvalue weighted by Crippen LogP contribution is 2.65. The summed E-state index contributed by atoms with van der Waals surface area (Å²) in [4.78, 5) is 31.4. The van der Waals surface area contributed by atoms with Crippen LogP contribution in [0.15, 0.2) is 48.5 Å². The van der Waals surface area contributed by atoms with Crippen LogP contribution in [0.3, 0.4) is 0 Å². The lowest BCUT2D eigenvalue weighted by Crippen LogP contribution is -2.65. The molecule has 2 unspecified atom stereocenters. The molecule has 7 nitrogen and oxygen atoms in total. The van der Waals surface area contributed by atoms with Gasteiger partial charge in [0.2, 0.25) is 5.91 Å². The summed E-state index contributed by atoms with van der Waals surface area (Å²) in [6.45, 7) is 12.6. The number of aliphatic hydroxyl groups is 1. The van der Waals surface area contributed by atoms with Crippen molar-refractivity contribution in [2.24, 2.45) is 29.1 Å². The first-order valence-electron chi connectivity index (χ1n) is 14.8. The van der Waals surface area contributed by atoms with E-state index in [1.807, 2.05) is 36.4 Å². The van der Waals surface area contributed by atoms with Crippen LogP contribution >= 0.6 is 0 Å². The van der Waals surface area contributed by atoms with Gasteiger partial charge in [0.25, 0.3) is 0 Å². The summed E-state index contributed by atoms with van der Waals surface area (Å²) in [5.74, 6) is -0.615. The van der Waals surface area contributed by atoms with E-state index < -0.39 is 19.1 Å². The summed E-state index contributed by atoms with van der Waals surface area (Å²) >= 11 is 0. The molecule has 40 heavy (non-hydrogen) atoms. The molecule has 1 saturated heterocycles. The van der Waals surface area contributed by atoms with E-state index in [0.717, 1.165) is 18.4 Å². The van der Waals surface area contributed by atoms with Crippen LogP contribution in [0.5, 0.6) is 0 Å². The molecular weight excluding hydrogens is 503 g/mol. The molecule has 214 valence electrons. The molecule has 4 fully saturated rings. The second-order valence-corrected chi connectivity index (χ2v) is 13.3. The van der Waals surface area contributed by atoms with E-state index in [9.17, 15) is 14.7 Å². The number of rotatable bonds is 10. The van der Waals surface area contributed by atoms with Crippen molar-refractivity contribution in [3.63, 3.8) is 0 Å². The van der Waals surface area contributed by atoms with Gasteiger partial charge in [-0.3, -0.25) is 9.59 Å². The number of ketones is 1. The zero-order chi connectivity index (χ0) is 28.8. The zero-order valence-corrected chi connectivity index (χ0v) is 24.6. The minimum atomic E-state index is -1.01. The number of nitrogens with one attached hydrogen (secondary N) is 1. The number of nitrogens with zero attached hydrogens (tertiary/aromatic N) is 1. The van der Waals surface area contributed by atoms with Gasteiger partial charge in [-0.15, -0.1) is 0 Å². The van der Waals surface area contributed by atoms with Crippen molar-refractivity contribution in [1.29, 1.82) is 0 Å². The van der Waals surface area contributed by atoms with Crippen molar-refractivity contribution in [1.82, 2.24) is 10.3 Å². The normalized spacial score (nSPS) is 28.8. The standard InChI is InChI=1S/C32H43BN2O5/c1-19(2)15-29(33-39-28-17-22-16-27(31(22,4)5)32(28,6)40-33)35-30(38)23(20(3)36)18-26(37)25-14-10-13-24(34-25)21-11-8-7-9-12-21/h7-14,19-20,22-23,27-29,36H,15-18H2,1-6H3,(H,35,38)/t20-,22+,23?,27+,28-,29?,32+/m1/s1. The average molecular weight is 547 g/mol. The monoisotopic (exact) mass is 546 g/mol. The van der Waals surface area contributed by atoms with E-state index >= 15 is 0 Å². The van der Waals surface area contributed by atoms with Gasteiger partial charge in [-0.1, -0.05) is 64.1 Å². The van der Waals surface area contributed by atoms with Gasteiger partial charge in [0.15, 0.2) is 5.78 Å². The Kier molecular flexibility index (Phi) is 7.99. The Morgan fingerprint density at radius 2 is 1.80 bits per heavy atom. The third kappa shape index (κ3) is 5.38. The fraction of sp³-hybridized carbons (Fsp3) is 0.594. The fourth-order valence-electron chi connectivity index (χ4n) is 7.25. The number of carbonyl (C=O) groups is 2. The first-order chi connectivity index (χ1) is 18.9. The topological polar surface area (TPSA) is 97.8 Å². The minimum absolute atomic E-state index is 0.0120. The van der Waals surface area contributed by atoms with Crippen molar-refractivity contribution in [3.8, 4) is 11.3 Å². The molecule has 2 heterocycles. The molecule has 0 spiro atoms. The summed E-state index contributed by atoms with van der Waals surface area (Å²) < 4.78 is 13.2. The molecule has 7 atom stereocenters. The second-order valence-electron chi connectivity index (χ2n) is 13.3. The Morgan fingerprint density at radius 1 is 1.07 bits per heavy atom. The predicted molar refractivity (Wildman–Crippen MR) is 155 cm³/mol. The van der Waals surface area contributed by atoms with Gasteiger partial charge in [0.1, 0.15) is 5.69 Å². The van der Waals surface area contributed by atoms with Crippen molar-refractivity contribution >= 4 is 18.8 Å². The van der Waals surface area contributed by atoms with Crippen LogP contribution in [-0.4, -0.2) is 52.6 Å². The minimum Gasteiger partial charge on any atom is -0.404 e. The third-order valence-corrected chi connectivity index (χ3v) is 9.78. The first kappa shape index (κ1) is 29.0. The SMILES string of the molecule is CC(C)CC(NC(=O)C(CC(=O)c1cccc(-c2ccccc2)n1)[C@@H](C)O)B1O[C@@H]2C[C@@H]3C[C@@H](C3(C)C)[C@]2(C)O1. The summed E-state index contributed by atoms with van der Waals surface area (Å²) in [5.41, 5.74) is 1.72. The number of amides is 1. The molecule has 6 rings (SSSR count). The molecule has 3 saturated carbocycles. The van der Waals surface area contributed by atoms with Gasteiger partial charge < -0.3 is 19.7 Å². The van der Waals surface area contributed by atoms with E-state index in [1.165, 1.54) is 0 Å². The molecule has 2 aromatic rings. The summed E-state index contributed by atoms with van der Waals surface area (Å²) in [7, 11) is -0.564. The van der Waals surface area contributed by atoms with Crippen LogP contribution in [0.4, 0.5) is 0 Å². The lowest BCUT2D eigenvalue weighted by atomic mass is 9.43. The van der Waals surface area contributed by atoms with Gasteiger partial charge in [0, 0.05) is 12.0 Å². The molecule has 0 radical (unpaired) electrons. The second kappa shape index (κ2) is 11.0. The van der Waals surface area contributed by atoms with E-state index in [0.29, 0.717) is 24.0 Å². The van der Waals surface area contributed by atoms with E-state index in [2.05, 4.69) is 44.9 Å². The highest BCUT2D eigenvalue weighted by Gasteiger charge is 2.68. The Hall–Kier alpha value is -2.55. The van der Waals surface area contributed by atoms with Gasteiger partial charge in [-0.2, -0.15) is 0 Å². The quantitative estimate of drug-likeness (QED) is 0.317. The number of Topliss-reactive ketones (excluding diaryl/α,β-unsaturated/α-hetero) is 1. The van der Waals surface area contributed by atoms with E-state index in [-0.39, 0.29) is 52.8 Å². The Morgan fingerprint density at radius 3 is 2.45 bits per heavy atom. The van der Waals surface area contributed by atoms with Crippen LogP contribution in [0.25, 0.3) is 11.3 Å². The maximum atomic E-state index is 13.6. The summed E-state index contributed by atoms with van der Waals surface area (Å²) in [6, 6.07) is 14.9. The Labute approximate surface area is 238 Å². The molecule has 4 aliphatic rings. The maximum Gasteiger partial charge on any atom is 0.481 e. The summed E-state index contributed by atoms with van der Waals surface area (Å²) in [6.07, 6.45) is 1.64. The lowest BCUT2D eigenvalue weighted by Gasteiger charge is -2.64. The Balaban J connectivity index is 1.29. The molecule has 2 N–H and O–H groups in total. The first-order valence-corrected chi connectivity index (χ1v) is 14.8. The molecule has 2 bridgehead atoms. The van der Waals surface area contributed by atoms with Gasteiger partial charge in [-0.25, -0.2) is 4.98 Å². The largest absolute Gasteiger partial charge is 0.481 e. The van der Waals surface area contributed by atoms with Crippen molar-refractivity contribution < 1.29 is 24.0 Å². The summed E-state index contributed by atoms with van der Waals surface area (Å²) in [5, 5.41) is 13.7. The highest BCUT2D eigenvalue weighted by atomic mass is 16.7. The van der Waals surface area contributed by atoms with Crippen molar-refractivity contribution in [2.75, 3.05) is 0 Å². The van der Waals surface area contributed by atoms with Gasteiger partial charge >= 0.3 is 7.12 Å². The number of hydrogen-bond acceptors (Lipinski definition) is 6. The van der Waals surface area contributed by atoms with Gasteiger partial charge in [0.05, 0.1) is 35.4 Å². The number of benzene rings is 1. The lowest BCUT2D eigenvalue weighted by molar-refractivity contribution is -0.199.